The summed E-state index contributed by atoms with van der Waals surface area (Å²) >= 11 is 15.9. The molecule has 1 nitrogen and oxygen atoms in total. The van der Waals surface area contributed by atoms with Crippen molar-refractivity contribution in [3.8, 4) is 0 Å². The molecule has 1 aromatic rings. The quantitative estimate of drug-likeness (QED) is 0.922. The molecule has 2 unspecified atom stereocenters. The minimum Gasteiger partial charge on any atom is -0.326 e. The molecule has 1 saturated heterocycles. The summed E-state index contributed by atoms with van der Waals surface area (Å²) < 4.78 is 0. The van der Waals surface area contributed by atoms with E-state index in [1.165, 1.54) is 17.1 Å². The van der Waals surface area contributed by atoms with Crippen molar-refractivity contribution in [2.24, 2.45) is 5.73 Å². The van der Waals surface area contributed by atoms with E-state index in [9.17, 15) is 0 Å². The Balaban J connectivity index is 1.96. The highest BCUT2D eigenvalue weighted by atomic mass is 35.5. The molecule has 0 aromatic heterocycles. The Bertz CT molecular complexity index is 381. The van der Waals surface area contributed by atoms with E-state index in [1.807, 2.05) is 41.7 Å². The number of hydrogen-bond acceptors (Lipinski definition) is 3. The van der Waals surface area contributed by atoms with Crippen molar-refractivity contribution in [1.82, 2.24) is 0 Å². The molecule has 2 rings (SSSR count). The van der Waals surface area contributed by atoms with E-state index >= 15 is 0 Å². The average Bonchev–Trinajstić information content (AvgIpc) is 2.35. The lowest BCUT2D eigenvalue weighted by molar-refractivity contribution is 0.664. The first kappa shape index (κ1) is 13.9. The summed E-state index contributed by atoms with van der Waals surface area (Å²) in [7, 11) is 0. The van der Waals surface area contributed by atoms with E-state index in [0.717, 1.165) is 12.2 Å². The topological polar surface area (TPSA) is 26.0 Å². The van der Waals surface area contributed by atoms with Crippen LogP contribution >= 0.6 is 46.7 Å². The number of hydrogen-bond donors (Lipinski definition) is 1. The van der Waals surface area contributed by atoms with Gasteiger partial charge in [0.2, 0.25) is 0 Å². The minimum absolute atomic E-state index is 0.199. The molecule has 94 valence electrons. The predicted octanol–water partition coefficient (Wildman–Crippen LogP) is 3.71. The Morgan fingerprint density at radius 2 is 2.12 bits per heavy atom. The average molecular weight is 308 g/mol. The van der Waals surface area contributed by atoms with Crippen molar-refractivity contribution < 1.29 is 0 Å². The maximum atomic E-state index is 6.26. The summed E-state index contributed by atoms with van der Waals surface area (Å²) in [6, 6.07) is 5.97. The van der Waals surface area contributed by atoms with Gasteiger partial charge in [0.25, 0.3) is 0 Å². The highest BCUT2D eigenvalue weighted by Crippen LogP contribution is 2.28. The van der Waals surface area contributed by atoms with Crippen molar-refractivity contribution in [2.45, 2.75) is 17.7 Å². The molecule has 0 radical (unpaired) electrons. The monoisotopic (exact) mass is 307 g/mol. The van der Waals surface area contributed by atoms with Crippen LogP contribution in [0.25, 0.3) is 0 Å². The predicted molar refractivity (Wildman–Crippen MR) is 81.7 cm³/mol. The van der Waals surface area contributed by atoms with Gasteiger partial charge >= 0.3 is 0 Å². The first-order chi connectivity index (χ1) is 8.16. The van der Waals surface area contributed by atoms with Gasteiger partial charge in [0.15, 0.2) is 0 Å². The van der Waals surface area contributed by atoms with Gasteiger partial charge in [-0.3, -0.25) is 0 Å². The van der Waals surface area contributed by atoms with Gasteiger partial charge in [-0.15, -0.1) is 0 Å². The van der Waals surface area contributed by atoms with Crippen molar-refractivity contribution in [1.29, 1.82) is 0 Å². The Morgan fingerprint density at radius 3 is 2.76 bits per heavy atom. The number of thioether (sulfide) groups is 2. The van der Waals surface area contributed by atoms with Crippen molar-refractivity contribution in [3.05, 3.63) is 33.8 Å². The summed E-state index contributed by atoms with van der Waals surface area (Å²) in [5.74, 6) is 3.62. The van der Waals surface area contributed by atoms with Gasteiger partial charge in [-0.05, 0) is 24.1 Å². The second kappa shape index (κ2) is 6.58. The van der Waals surface area contributed by atoms with Gasteiger partial charge in [-0.2, -0.15) is 23.5 Å². The van der Waals surface area contributed by atoms with Crippen LogP contribution < -0.4 is 5.73 Å². The normalized spacial score (nSPS) is 22.4. The van der Waals surface area contributed by atoms with Crippen LogP contribution in [0.5, 0.6) is 0 Å². The molecule has 0 aliphatic carbocycles. The largest absolute Gasteiger partial charge is 0.326 e. The number of halogens is 2. The highest BCUT2D eigenvalue weighted by molar-refractivity contribution is 8.06. The smallest absolute Gasteiger partial charge is 0.0595 e. The van der Waals surface area contributed by atoms with Crippen LogP contribution in [0, 0.1) is 0 Å². The first-order valence-electron chi connectivity index (χ1n) is 5.55. The summed E-state index contributed by atoms with van der Waals surface area (Å²) in [6.45, 7) is 0. The fourth-order valence-corrected chi connectivity index (χ4v) is 4.97. The van der Waals surface area contributed by atoms with Crippen molar-refractivity contribution in [2.75, 3.05) is 17.3 Å². The molecule has 0 saturated carbocycles. The molecule has 0 bridgehead atoms. The molecular formula is C12H15Cl2NS2. The van der Waals surface area contributed by atoms with E-state index in [4.69, 9.17) is 28.9 Å². The summed E-state index contributed by atoms with van der Waals surface area (Å²) in [5.41, 5.74) is 7.43. The molecule has 1 fully saturated rings. The van der Waals surface area contributed by atoms with Gasteiger partial charge in [-0.1, -0.05) is 29.3 Å². The molecule has 5 heteroatoms. The van der Waals surface area contributed by atoms with Crippen LogP contribution in [0.1, 0.15) is 5.56 Å². The van der Waals surface area contributed by atoms with E-state index in [-0.39, 0.29) is 6.04 Å². The summed E-state index contributed by atoms with van der Waals surface area (Å²) in [5, 5.41) is 1.77. The number of benzene rings is 1. The minimum atomic E-state index is 0.199. The van der Waals surface area contributed by atoms with Gasteiger partial charge in [0.05, 0.1) is 10.0 Å². The van der Waals surface area contributed by atoms with E-state index in [2.05, 4.69) is 0 Å². The zero-order valence-electron chi connectivity index (χ0n) is 9.36. The molecule has 1 aromatic carbocycles. The lowest BCUT2D eigenvalue weighted by Crippen LogP contribution is -2.38. The Morgan fingerprint density at radius 1 is 1.29 bits per heavy atom. The Labute approximate surface area is 121 Å². The van der Waals surface area contributed by atoms with E-state index in [0.29, 0.717) is 15.3 Å². The van der Waals surface area contributed by atoms with Crippen LogP contribution in [0.3, 0.4) is 0 Å². The third-order valence-corrected chi connectivity index (χ3v) is 6.45. The molecule has 1 heterocycles. The van der Waals surface area contributed by atoms with E-state index in [1.54, 1.807) is 0 Å². The molecule has 0 spiro atoms. The molecule has 1 aliphatic heterocycles. The third kappa shape index (κ3) is 3.97. The molecule has 0 amide bonds. The number of rotatable bonds is 3. The Hall–Kier alpha value is 0.460. The van der Waals surface area contributed by atoms with Crippen LogP contribution in [-0.4, -0.2) is 28.6 Å². The van der Waals surface area contributed by atoms with Gasteiger partial charge in [0.1, 0.15) is 0 Å². The standard InChI is InChI=1S/C12H15Cl2NS2/c13-9-2-1-8(5-10(9)14)6-11(15)12-7-16-3-4-17-12/h1-2,5,11-12H,3-4,6-7,15H2. The second-order valence-electron chi connectivity index (χ2n) is 4.10. The fraction of sp³-hybridized carbons (Fsp3) is 0.500. The zero-order chi connectivity index (χ0) is 12.3. The van der Waals surface area contributed by atoms with Crippen LogP contribution in [0.4, 0.5) is 0 Å². The summed E-state index contributed by atoms with van der Waals surface area (Å²) in [4.78, 5) is 0. The molecular weight excluding hydrogens is 293 g/mol. The SMILES string of the molecule is NC(Cc1ccc(Cl)c(Cl)c1)C1CSCCS1. The van der Waals surface area contributed by atoms with Crippen molar-refractivity contribution in [3.63, 3.8) is 0 Å². The van der Waals surface area contributed by atoms with E-state index < -0.39 is 0 Å². The second-order valence-corrected chi connectivity index (χ2v) is 7.41. The lowest BCUT2D eigenvalue weighted by atomic mass is 10.0. The van der Waals surface area contributed by atoms with Crippen LogP contribution in [0.15, 0.2) is 18.2 Å². The first-order valence-corrected chi connectivity index (χ1v) is 8.51. The maximum absolute atomic E-state index is 6.26. The molecule has 2 N–H and O–H groups in total. The van der Waals surface area contributed by atoms with Gasteiger partial charge in [0, 0.05) is 28.6 Å². The molecule has 1 aliphatic rings. The molecule has 17 heavy (non-hydrogen) atoms. The van der Waals surface area contributed by atoms with Crippen LogP contribution in [0.2, 0.25) is 10.0 Å². The van der Waals surface area contributed by atoms with Gasteiger partial charge in [-0.25, -0.2) is 0 Å². The third-order valence-electron chi connectivity index (χ3n) is 2.77. The number of nitrogens with two attached hydrogens (primary N) is 1. The zero-order valence-corrected chi connectivity index (χ0v) is 12.5. The van der Waals surface area contributed by atoms with Gasteiger partial charge < -0.3 is 5.73 Å². The molecule has 2 atom stereocenters. The summed E-state index contributed by atoms with van der Waals surface area (Å²) in [6.07, 6.45) is 0.870. The lowest BCUT2D eigenvalue weighted by Gasteiger charge is -2.26. The van der Waals surface area contributed by atoms with Crippen LogP contribution in [-0.2, 0) is 6.42 Å². The van der Waals surface area contributed by atoms with Crippen molar-refractivity contribution >= 4 is 46.7 Å². The fourth-order valence-electron chi connectivity index (χ4n) is 1.82. The Kier molecular flexibility index (Phi) is 5.37. The maximum Gasteiger partial charge on any atom is 0.0595 e. The highest BCUT2D eigenvalue weighted by Gasteiger charge is 2.21.